The molecule has 2 N–H and O–H groups in total. The molecule has 2 aromatic rings. The largest absolute Gasteiger partial charge is 0.493 e. The van der Waals surface area contributed by atoms with Crippen LogP contribution in [0.25, 0.3) is 11.1 Å². The van der Waals surface area contributed by atoms with Gasteiger partial charge in [0, 0.05) is 12.1 Å². The molecule has 19 heavy (non-hydrogen) atoms. The molecule has 100 valence electrons. The lowest BCUT2D eigenvalue weighted by atomic mass is 9.97. The molecule has 0 aliphatic rings. The summed E-state index contributed by atoms with van der Waals surface area (Å²) in [6.45, 7) is 5.53. The van der Waals surface area contributed by atoms with Crippen molar-refractivity contribution in [1.29, 1.82) is 0 Å². The first-order valence-corrected chi connectivity index (χ1v) is 6.78. The van der Waals surface area contributed by atoms with Crippen molar-refractivity contribution < 1.29 is 4.74 Å². The van der Waals surface area contributed by atoms with E-state index in [9.17, 15) is 0 Å². The molecule has 2 heteroatoms. The molecule has 0 spiro atoms. The van der Waals surface area contributed by atoms with E-state index in [2.05, 4.69) is 38.1 Å². The first-order valence-electron chi connectivity index (χ1n) is 6.78. The van der Waals surface area contributed by atoms with Crippen molar-refractivity contribution in [2.75, 3.05) is 6.61 Å². The summed E-state index contributed by atoms with van der Waals surface area (Å²) >= 11 is 0. The normalized spacial score (nSPS) is 10.5. The molecule has 0 unspecified atom stereocenters. The van der Waals surface area contributed by atoms with Crippen LogP contribution in [0.5, 0.6) is 5.75 Å². The zero-order valence-corrected chi connectivity index (χ0v) is 11.6. The fourth-order valence-corrected chi connectivity index (χ4v) is 2.11. The van der Waals surface area contributed by atoms with Crippen molar-refractivity contribution in [2.24, 2.45) is 5.73 Å². The highest BCUT2D eigenvalue weighted by Gasteiger charge is 2.08. The van der Waals surface area contributed by atoms with Gasteiger partial charge in [0.15, 0.2) is 0 Å². The Hall–Kier alpha value is -1.80. The molecule has 0 aromatic heterocycles. The summed E-state index contributed by atoms with van der Waals surface area (Å²) < 4.78 is 5.84. The Bertz CT molecular complexity index is 549. The van der Waals surface area contributed by atoms with E-state index in [0.717, 1.165) is 29.9 Å². The lowest BCUT2D eigenvalue weighted by Gasteiger charge is -2.14. The van der Waals surface area contributed by atoms with Gasteiger partial charge in [-0.05, 0) is 42.2 Å². The number of benzene rings is 2. The third kappa shape index (κ3) is 3.15. The molecule has 2 rings (SSSR count). The van der Waals surface area contributed by atoms with Crippen LogP contribution in [0.15, 0.2) is 42.5 Å². The van der Waals surface area contributed by atoms with Gasteiger partial charge in [0.05, 0.1) is 6.61 Å². The highest BCUT2D eigenvalue weighted by molar-refractivity contribution is 5.73. The van der Waals surface area contributed by atoms with Crippen LogP contribution in [0.3, 0.4) is 0 Å². The SMILES string of the molecule is CCCOc1ccccc1-c1cc(CN)ccc1C. The van der Waals surface area contributed by atoms with Crippen molar-refractivity contribution in [3.63, 3.8) is 0 Å². The van der Waals surface area contributed by atoms with Gasteiger partial charge in [-0.2, -0.15) is 0 Å². The molecule has 0 atom stereocenters. The van der Waals surface area contributed by atoms with E-state index in [-0.39, 0.29) is 0 Å². The fraction of sp³-hybridized carbons (Fsp3) is 0.294. The molecule has 0 fully saturated rings. The smallest absolute Gasteiger partial charge is 0.127 e. The van der Waals surface area contributed by atoms with Crippen LogP contribution in [0.1, 0.15) is 24.5 Å². The van der Waals surface area contributed by atoms with Crippen LogP contribution in [0.4, 0.5) is 0 Å². The Morgan fingerprint density at radius 1 is 1.05 bits per heavy atom. The molecule has 0 aliphatic heterocycles. The van der Waals surface area contributed by atoms with Gasteiger partial charge in [0.2, 0.25) is 0 Å². The van der Waals surface area contributed by atoms with Crippen molar-refractivity contribution in [3.05, 3.63) is 53.6 Å². The Kier molecular flexibility index (Phi) is 4.58. The molecule has 0 radical (unpaired) electrons. The standard InChI is InChI=1S/C17H21NO/c1-3-10-19-17-7-5-4-6-15(17)16-11-14(12-18)9-8-13(16)2/h4-9,11H,3,10,12,18H2,1-2H3. The lowest BCUT2D eigenvalue weighted by Crippen LogP contribution is -1.99. The van der Waals surface area contributed by atoms with E-state index in [1.54, 1.807) is 0 Å². The minimum absolute atomic E-state index is 0.561. The Balaban J connectivity index is 2.45. The summed E-state index contributed by atoms with van der Waals surface area (Å²) in [5.41, 5.74) is 10.5. The van der Waals surface area contributed by atoms with Gasteiger partial charge >= 0.3 is 0 Å². The molecule has 0 aliphatic carbocycles. The van der Waals surface area contributed by atoms with Crippen LogP contribution in [0.2, 0.25) is 0 Å². The summed E-state index contributed by atoms with van der Waals surface area (Å²) in [6.07, 6.45) is 1.01. The minimum atomic E-state index is 0.561. The molecule has 0 saturated carbocycles. The number of rotatable bonds is 5. The lowest BCUT2D eigenvalue weighted by molar-refractivity contribution is 0.318. The van der Waals surface area contributed by atoms with Crippen molar-refractivity contribution in [3.8, 4) is 16.9 Å². The maximum Gasteiger partial charge on any atom is 0.127 e. The second-order valence-corrected chi connectivity index (χ2v) is 4.70. The van der Waals surface area contributed by atoms with Gasteiger partial charge in [0.25, 0.3) is 0 Å². The summed E-state index contributed by atoms with van der Waals surface area (Å²) in [7, 11) is 0. The fourth-order valence-electron chi connectivity index (χ4n) is 2.11. The second-order valence-electron chi connectivity index (χ2n) is 4.70. The van der Waals surface area contributed by atoms with Crippen LogP contribution < -0.4 is 10.5 Å². The van der Waals surface area contributed by atoms with E-state index in [1.165, 1.54) is 11.1 Å². The Labute approximate surface area is 115 Å². The van der Waals surface area contributed by atoms with Crippen LogP contribution in [-0.2, 0) is 6.54 Å². The number of aryl methyl sites for hydroxylation is 1. The summed E-state index contributed by atoms with van der Waals surface area (Å²) in [6, 6.07) is 14.5. The molecule has 0 saturated heterocycles. The van der Waals surface area contributed by atoms with E-state index in [0.29, 0.717) is 6.54 Å². The molecule has 0 heterocycles. The quantitative estimate of drug-likeness (QED) is 0.879. The number of ether oxygens (including phenoxy) is 1. The third-order valence-electron chi connectivity index (χ3n) is 3.18. The predicted octanol–water partition coefficient (Wildman–Crippen LogP) is 3.91. The monoisotopic (exact) mass is 255 g/mol. The highest BCUT2D eigenvalue weighted by atomic mass is 16.5. The maximum atomic E-state index is 5.84. The molecule has 2 aromatic carbocycles. The number of hydrogen-bond donors (Lipinski definition) is 1. The van der Waals surface area contributed by atoms with Crippen LogP contribution in [0, 0.1) is 6.92 Å². The zero-order valence-electron chi connectivity index (χ0n) is 11.6. The minimum Gasteiger partial charge on any atom is -0.493 e. The van der Waals surface area contributed by atoms with Gasteiger partial charge in [-0.1, -0.05) is 37.3 Å². The first kappa shape index (κ1) is 13.6. The average molecular weight is 255 g/mol. The maximum absolute atomic E-state index is 5.84. The van der Waals surface area contributed by atoms with E-state index in [4.69, 9.17) is 10.5 Å². The molecular weight excluding hydrogens is 234 g/mol. The van der Waals surface area contributed by atoms with E-state index in [1.807, 2.05) is 18.2 Å². The van der Waals surface area contributed by atoms with Gasteiger partial charge in [-0.25, -0.2) is 0 Å². The predicted molar refractivity (Wildman–Crippen MR) is 80.3 cm³/mol. The summed E-state index contributed by atoms with van der Waals surface area (Å²) in [5, 5.41) is 0. The zero-order chi connectivity index (χ0) is 13.7. The Morgan fingerprint density at radius 2 is 1.84 bits per heavy atom. The highest BCUT2D eigenvalue weighted by Crippen LogP contribution is 2.32. The van der Waals surface area contributed by atoms with Gasteiger partial charge in [0.1, 0.15) is 5.75 Å². The molecule has 0 amide bonds. The van der Waals surface area contributed by atoms with Crippen molar-refractivity contribution >= 4 is 0 Å². The van der Waals surface area contributed by atoms with Crippen LogP contribution >= 0.6 is 0 Å². The van der Waals surface area contributed by atoms with Crippen molar-refractivity contribution in [2.45, 2.75) is 26.8 Å². The third-order valence-corrected chi connectivity index (χ3v) is 3.18. The summed E-state index contributed by atoms with van der Waals surface area (Å²) in [4.78, 5) is 0. The van der Waals surface area contributed by atoms with E-state index < -0.39 is 0 Å². The number of hydrogen-bond acceptors (Lipinski definition) is 2. The van der Waals surface area contributed by atoms with Gasteiger partial charge < -0.3 is 10.5 Å². The number of para-hydroxylation sites is 1. The number of nitrogens with two attached hydrogens (primary N) is 1. The molecule has 0 bridgehead atoms. The molecular formula is C17H21NO. The summed E-state index contributed by atoms with van der Waals surface area (Å²) in [5.74, 6) is 0.946. The average Bonchev–Trinajstić information content (AvgIpc) is 2.46. The Morgan fingerprint density at radius 3 is 2.58 bits per heavy atom. The van der Waals surface area contributed by atoms with Gasteiger partial charge in [-0.15, -0.1) is 0 Å². The van der Waals surface area contributed by atoms with Crippen LogP contribution in [-0.4, -0.2) is 6.61 Å². The molecule has 2 nitrogen and oxygen atoms in total. The first-order chi connectivity index (χ1) is 9.26. The topological polar surface area (TPSA) is 35.2 Å². The van der Waals surface area contributed by atoms with E-state index >= 15 is 0 Å². The second kappa shape index (κ2) is 6.39. The van der Waals surface area contributed by atoms with Crippen molar-refractivity contribution in [1.82, 2.24) is 0 Å². The van der Waals surface area contributed by atoms with Gasteiger partial charge in [-0.3, -0.25) is 0 Å².